The first-order chi connectivity index (χ1) is 18.7. The number of hydrogen-bond acceptors (Lipinski definition) is 4. The normalized spacial score (nSPS) is 17.2. The Kier molecular flexibility index (Phi) is 7.10. The fourth-order valence-electron chi connectivity index (χ4n) is 4.65. The first kappa shape index (κ1) is 26.4. The van der Waals surface area contributed by atoms with E-state index in [-0.39, 0.29) is 23.8 Å². The highest BCUT2D eigenvalue weighted by Crippen LogP contribution is 2.44. The van der Waals surface area contributed by atoms with Crippen LogP contribution < -0.4 is 20.3 Å². The van der Waals surface area contributed by atoms with Crippen molar-refractivity contribution in [2.24, 2.45) is 5.41 Å². The fourth-order valence-corrected chi connectivity index (χ4v) is 4.99. The zero-order valence-electron chi connectivity index (χ0n) is 22.2. The summed E-state index contributed by atoms with van der Waals surface area (Å²) in [6.45, 7) is 5.57. The number of carbonyl (C=O) groups excluding carboxylic acids is 1. The van der Waals surface area contributed by atoms with Gasteiger partial charge in [0.1, 0.15) is 17.6 Å². The van der Waals surface area contributed by atoms with Gasteiger partial charge in [-0.1, -0.05) is 26.8 Å². The monoisotopic (exact) mass is 543 g/mol. The minimum absolute atomic E-state index is 0.114. The summed E-state index contributed by atoms with van der Waals surface area (Å²) in [5, 5.41) is 6.95. The van der Waals surface area contributed by atoms with Gasteiger partial charge in [-0.25, -0.2) is 4.39 Å². The molecule has 0 spiro atoms. The molecule has 1 aliphatic rings. The third kappa shape index (κ3) is 5.22. The van der Waals surface area contributed by atoms with Crippen LogP contribution in [0, 0.1) is 11.2 Å². The molecule has 200 valence electrons. The third-order valence-electron chi connectivity index (χ3n) is 6.68. The lowest BCUT2D eigenvalue weighted by Crippen LogP contribution is -2.30. The van der Waals surface area contributed by atoms with Gasteiger partial charge in [0, 0.05) is 40.9 Å². The van der Waals surface area contributed by atoms with Gasteiger partial charge >= 0.3 is 0 Å². The summed E-state index contributed by atoms with van der Waals surface area (Å²) in [5.74, 6) is 0.105. The zero-order chi connectivity index (χ0) is 27.7. The SMILES string of the molecule is COc1cc(N2C(=S)N[C@@H](c3ccccn3)[C@H]2c2cccn2-c2ccc(F)cc2)ccc1NC(=O)C(C)(C)C. The summed E-state index contributed by atoms with van der Waals surface area (Å²) in [6.07, 6.45) is 3.71. The van der Waals surface area contributed by atoms with Crippen molar-refractivity contribution in [1.82, 2.24) is 14.9 Å². The predicted octanol–water partition coefficient (Wildman–Crippen LogP) is 6.18. The van der Waals surface area contributed by atoms with Gasteiger partial charge in [0.25, 0.3) is 0 Å². The van der Waals surface area contributed by atoms with E-state index in [0.29, 0.717) is 16.5 Å². The van der Waals surface area contributed by atoms with E-state index >= 15 is 0 Å². The molecule has 0 bridgehead atoms. The van der Waals surface area contributed by atoms with E-state index in [1.54, 1.807) is 25.4 Å². The van der Waals surface area contributed by atoms with Crippen molar-refractivity contribution in [3.63, 3.8) is 0 Å². The van der Waals surface area contributed by atoms with Crippen LogP contribution in [0.25, 0.3) is 5.69 Å². The number of pyridine rings is 1. The molecule has 7 nitrogen and oxygen atoms in total. The van der Waals surface area contributed by atoms with Gasteiger partial charge in [0.15, 0.2) is 5.11 Å². The molecule has 2 atom stereocenters. The van der Waals surface area contributed by atoms with Crippen LogP contribution in [0.4, 0.5) is 15.8 Å². The zero-order valence-corrected chi connectivity index (χ0v) is 23.0. The van der Waals surface area contributed by atoms with E-state index in [4.69, 9.17) is 17.0 Å². The van der Waals surface area contributed by atoms with Crippen LogP contribution >= 0.6 is 12.2 Å². The lowest BCUT2D eigenvalue weighted by molar-refractivity contribution is -0.123. The molecule has 0 radical (unpaired) electrons. The molecule has 3 heterocycles. The van der Waals surface area contributed by atoms with Gasteiger partial charge in [0.2, 0.25) is 5.91 Å². The number of ether oxygens (including phenoxy) is 1. The number of hydrogen-bond donors (Lipinski definition) is 2. The summed E-state index contributed by atoms with van der Waals surface area (Å²) in [4.78, 5) is 19.3. The van der Waals surface area contributed by atoms with E-state index in [9.17, 15) is 9.18 Å². The topological polar surface area (TPSA) is 71.4 Å². The predicted molar refractivity (Wildman–Crippen MR) is 155 cm³/mol. The number of carbonyl (C=O) groups is 1. The Balaban J connectivity index is 1.60. The number of anilines is 2. The number of rotatable bonds is 6. The Morgan fingerprint density at radius 3 is 2.46 bits per heavy atom. The minimum Gasteiger partial charge on any atom is -0.494 e. The summed E-state index contributed by atoms with van der Waals surface area (Å²) < 4.78 is 21.4. The maximum absolute atomic E-state index is 13.7. The minimum atomic E-state index is -0.559. The number of thiocarbonyl (C=S) groups is 1. The maximum Gasteiger partial charge on any atom is 0.229 e. The van der Waals surface area contributed by atoms with Gasteiger partial charge < -0.3 is 24.8 Å². The molecule has 1 fully saturated rings. The van der Waals surface area contributed by atoms with Gasteiger partial charge in [-0.2, -0.15) is 0 Å². The van der Waals surface area contributed by atoms with Crippen molar-refractivity contribution in [2.75, 3.05) is 17.3 Å². The number of methoxy groups -OCH3 is 1. The molecular formula is C30H30FN5O2S. The van der Waals surface area contributed by atoms with Gasteiger partial charge in [-0.15, -0.1) is 0 Å². The molecule has 9 heteroatoms. The highest BCUT2D eigenvalue weighted by atomic mass is 32.1. The molecule has 2 aromatic carbocycles. The van der Waals surface area contributed by atoms with E-state index in [2.05, 4.69) is 15.6 Å². The highest BCUT2D eigenvalue weighted by molar-refractivity contribution is 7.80. The van der Waals surface area contributed by atoms with E-state index in [0.717, 1.165) is 22.8 Å². The van der Waals surface area contributed by atoms with Crippen LogP contribution in [0.1, 0.15) is 44.2 Å². The van der Waals surface area contributed by atoms with Crippen LogP contribution in [-0.2, 0) is 4.79 Å². The summed E-state index contributed by atoms with van der Waals surface area (Å²) in [5.41, 5.74) is 3.40. The molecule has 1 aliphatic heterocycles. The van der Waals surface area contributed by atoms with E-state index < -0.39 is 5.41 Å². The van der Waals surface area contributed by atoms with Gasteiger partial charge in [0.05, 0.1) is 24.5 Å². The second-order valence-electron chi connectivity index (χ2n) is 10.4. The molecule has 4 aromatic rings. The highest BCUT2D eigenvalue weighted by Gasteiger charge is 2.42. The Labute approximate surface area is 232 Å². The second-order valence-corrected chi connectivity index (χ2v) is 10.8. The Hall–Kier alpha value is -4.24. The fraction of sp³-hybridized carbons (Fsp3) is 0.233. The van der Waals surface area contributed by atoms with Crippen molar-refractivity contribution in [1.29, 1.82) is 0 Å². The van der Waals surface area contributed by atoms with Crippen molar-refractivity contribution >= 4 is 34.6 Å². The number of nitrogens with one attached hydrogen (secondary N) is 2. The molecule has 2 aromatic heterocycles. The van der Waals surface area contributed by atoms with Crippen LogP contribution in [0.5, 0.6) is 5.75 Å². The molecule has 39 heavy (non-hydrogen) atoms. The smallest absolute Gasteiger partial charge is 0.229 e. The van der Waals surface area contributed by atoms with Crippen molar-refractivity contribution in [3.05, 3.63) is 102 Å². The molecule has 2 N–H and O–H groups in total. The number of amides is 1. The summed E-state index contributed by atoms with van der Waals surface area (Å²) >= 11 is 5.88. The Morgan fingerprint density at radius 1 is 1.05 bits per heavy atom. The molecular weight excluding hydrogens is 513 g/mol. The van der Waals surface area contributed by atoms with Gasteiger partial charge in [-0.3, -0.25) is 9.78 Å². The molecule has 0 unspecified atom stereocenters. The van der Waals surface area contributed by atoms with Crippen molar-refractivity contribution < 1.29 is 13.9 Å². The van der Waals surface area contributed by atoms with Gasteiger partial charge in [-0.05, 0) is 72.9 Å². The molecule has 1 amide bonds. The molecule has 0 saturated carbocycles. The number of nitrogens with zero attached hydrogens (tertiary/aromatic N) is 3. The standard InChI is InChI=1S/C30H30FN5O2S/c1-30(2,3)28(37)33-22-15-14-21(18-25(22)38-4)36-27(26(34-29(36)39)23-8-5-6-16-32-23)24-9-7-17-35(24)20-12-10-19(31)11-13-20/h5-18,26-27H,1-4H3,(H,33,37)(H,34,39)/t26-,27+/m0/s1. The first-order valence-electron chi connectivity index (χ1n) is 12.6. The third-order valence-corrected chi connectivity index (χ3v) is 6.99. The van der Waals surface area contributed by atoms with Crippen LogP contribution in [0.3, 0.4) is 0 Å². The average molecular weight is 544 g/mol. The number of aromatic nitrogens is 2. The molecule has 1 saturated heterocycles. The summed E-state index contributed by atoms with van der Waals surface area (Å²) in [6, 6.07) is 21.2. The average Bonchev–Trinajstić information content (AvgIpc) is 3.53. The Bertz CT molecular complexity index is 1500. The first-order valence-corrected chi connectivity index (χ1v) is 13.0. The second kappa shape index (κ2) is 10.5. The quantitative estimate of drug-likeness (QED) is 0.283. The lowest BCUT2D eigenvalue weighted by atomic mass is 9.95. The largest absolute Gasteiger partial charge is 0.494 e. The van der Waals surface area contributed by atoms with Crippen LogP contribution in [-0.4, -0.2) is 27.7 Å². The number of halogens is 1. The van der Waals surface area contributed by atoms with E-state index in [1.165, 1.54) is 12.1 Å². The van der Waals surface area contributed by atoms with Crippen molar-refractivity contribution in [3.8, 4) is 11.4 Å². The van der Waals surface area contributed by atoms with Crippen molar-refractivity contribution in [2.45, 2.75) is 32.9 Å². The van der Waals surface area contributed by atoms with Crippen LogP contribution in [0.15, 0.2) is 85.2 Å². The summed E-state index contributed by atoms with van der Waals surface area (Å²) in [7, 11) is 1.57. The lowest BCUT2D eigenvalue weighted by Gasteiger charge is -2.29. The molecule has 0 aliphatic carbocycles. The number of benzene rings is 2. The maximum atomic E-state index is 13.7. The van der Waals surface area contributed by atoms with Crippen LogP contribution in [0.2, 0.25) is 0 Å². The molecule has 5 rings (SSSR count). The Morgan fingerprint density at radius 2 is 1.79 bits per heavy atom. The van der Waals surface area contributed by atoms with E-state index in [1.807, 2.05) is 85.0 Å².